The second-order valence-electron chi connectivity index (χ2n) is 8.44. The van der Waals surface area contributed by atoms with Crippen molar-refractivity contribution in [2.75, 3.05) is 43.1 Å². The Hall–Kier alpha value is -2.74. The van der Waals surface area contributed by atoms with Crippen molar-refractivity contribution in [2.45, 2.75) is 51.5 Å². The van der Waals surface area contributed by atoms with Crippen LogP contribution in [0, 0.1) is 0 Å². The smallest absolute Gasteiger partial charge is 0.166 e. The van der Waals surface area contributed by atoms with Gasteiger partial charge in [-0.05, 0) is 31.4 Å². The largest absolute Gasteiger partial charge is 0.378 e. The predicted molar refractivity (Wildman–Crippen MR) is 122 cm³/mol. The van der Waals surface area contributed by atoms with E-state index in [1.165, 1.54) is 32.1 Å². The Balaban J connectivity index is 1.51. The SMILES string of the molecule is CCCNc1nc(-c2ccc(N3CCOCC3)nc2)nc2c1ncn2C1CCCCC1. The van der Waals surface area contributed by atoms with E-state index in [1.54, 1.807) is 0 Å². The first-order valence-corrected chi connectivity index (χ1v) is 11.6. The average Bonchev–Trinajstić information content (AvgIpc) is 3.28. The molecule has 0 atom stereocenters. The zero-order valence-corrected chi connectivity index (χ0v) is 18.3. The fourth-order valence-corrected chi connectivity index (χ4v) is 4.54. The molecule has 0 bridgehead atoms. The van der Waals surface area contributed by atoms with Crippen LogP contribution in [0.25, 0.3) is 22.6 Å². The minimum atomic E-state index is 0.474. The molecule has 0 unspecified atom stereocenters. The molecule has 0 spiro atoms. The quantitative estimate of drug-likeness (QED) is 0.643. The van der Waals surface area contributed by atoms with Gasteiger partial charge in [-0.2, -0.15) is 0 Å². The first-order valence-electron chi connectivity index (χ1n) is 11.6. The highest BCUT2D eigenvalue weighted by molar-refractivity contribution is 5.85. The Morgan fingerprint density at radius 3 is 2.65 bits per heavy atom. The monoisotopic (exact) mass is 421 g/mol. The highest BCUT2D eigenvalue weighted by atomic mass is 16.5. The van der Waals surface area contributed by atoms with Gasteiger partial charge in [-0.15, -0.1) is 0 Å². The summed E-state index contributed by atoms with van der Waals surface area (Å²) in [4.78, 5) is 21.5. The maximum absolute atomic E-state index is 5.45. The lowest BCUT2D eigenvalue weighted by Crippen LogP contribution is -2.36. The summed E-state index contributed by atoms with van der Waals surface area (Å²) < 4.78 is 7.72. The molecule has 5 rings (SSSR count). The standard InChI is InChI=1S/C23H31N7O/c1-2-10-24-22-20-23(30(16-26-20)18-6-4-3-5-7-18)28-21(27-22)17-8-9-19(25-15-17)29-11-13-31-14-12-29/h8-9,15-16,18H,2-7,10-14H2,1H3,(H,24,27,28). The molecule has 2 aliphatic rings. The molecule has 164 valence electrons. The molecule has 8 nitrogen and oxygen atoms in total. The predicted octanol–water partition coefficient (Wildman–Crippen LogP) is 4.05. The van der Waals surface area contributed by atoms with Crippen molar-refractivity contribution >= 4 is 22.8 Å². The second-order valence-corrected chi connectivity index (χ2v) is 8.44. The van der Waals surface area contributed by atoms with Crippen LogP contribution in [0.4, 0.5) is 11.6 Å². The molecule has 31 heavy (non-hydrogen) atoms. The van der Waals surface area contributed by atoms with Crippen molar-refractivity contribution in [3.05, 3.63) is 24.7 Å². The maximum Gasteiger partial charge on any atom is 0.166 e. The van der Waals surface area contributed by atoms with Crippen molar-refractivity contribution in [1.82, 2.24) is 24.5 Å². The summed E-state index contributed by atoms with van der Waals surface area (Å²) in [7, 11) is 0. The van der Waals surface area contributed by atoms with Crippen molar-refractivity contribution in [1.29, 1.82) is 0 Å². The van der Waals surface area contributed by atoms with Crippen molar-refractivity contribution in [3.8, 4) is 11.4 Å². The lowest BCUT2D eigenvalue weighted by Gasteiger charge is -2.27. The molecule has 4 heterocycles. The van der Waals surface area contributed by atoms with E-state index in [2.05, 4.69) is 33.8 Å². The van der Waals surface area contributed by atoms with E-state index in [4.69, 9.17) is 24.7 Å². The number of anilines is 2. The second kappa shape index (κ2) is 9.18. The normalized spacial score (nSPS) is 17.9. The molecule has 0 aromatic carbocycles. The summed E-state index contributed by atoms with van der Waals surface area (Å²) in [6, 6.07) is 4.61. The number of nitrogens with zero attached hydrogens (tertiary/aromatic N) is 6. The molecule has 2 fully saturated rings. The fourth-order valence-electron chi connectivity index (χ4n) is 4.54. The molecule has 8 heteroatoms. The van der Waals surface area contributed by atoms with E-state index in [-0.39, 0.29) is 0 Å². The van der Waals surface area contributed by atoms with Gasteiger partial charge in [-0.3, -0.25) is 0 Å². The first-order chi connectivity index (χ1) is 15.3. The minimum Gasteiger partial charge on any atom is -0.378 e. The minimum absolute atomic E-state index is 0.474. The summed E-state index contributed by atoms with van der Waals surface area (Å²) in [5.41, 5.74) is 2.71. The number of ether oxygens (including phenoxy) is 1. The van der Waals surface area contributed by atoms with Crippen LogP contribution in [-0.4, -0.2) is 57.4 Å². The van der Waals surface area contributed by atoms with E-state index in [0.717, 1.165) is 67.6 Å². The van der Waals surface area contributed by atoms with E-state index in [1.807, 2.05) is 12.5 Å². The van der Waals surface area contributed by atoms with Gasteiger partial charge < -0.3 is 19.5 Å². The summed E-state index contributed by atoms with van der Waals surface area (Å²) in [6.07, 6.45) is 11.1. The first kappa shape index (κ1) is 20.2. The van der Waals surface area contributed by atoms with Crippen LogP contribution < -0.4 is 10.2 Å². The number of nitrogens with one attached hydrogen (secondary N) is 1. The topological polar surface area (TPSA) is 81.0 Å². The van der Waals surface area contributed by atoms with Crippen molar-refractivity contribution in [3.63, 3.8) is 0 Å². The maximum atomic E-state index is 5.45. The Morgan fingerprint density at radius 1 is 1.06 bits per heavy atom. The zero-order valence-electron chi connectivity index (χ0n) is 18.3. The molecular weight excluding hydrogens is 390 g/mol. The Bertz CT molecular complexity index is 1000. The number of aromatic nitrogens is 5. The fraction of sp³-hybridized carbons (Fsp3) is 0.565. The molecule has 3 aromatic rings. The zero-order chi connectivity index (χ0) is 21.0. The number of fused-ring (bicyclic) bond motifs is 1. The van der Waals surface area contributed by atoms with Gasteiger partial charge in [-0.1, -0.05) is 26.2 Å². The molecule has 1 aliphatic carbocycles. The summed E-state index contributed by atoms with van der Waals surface area (Å²) >= 11 is 0. The van der Waals surface area contributed by atoms with Gasteiger partial charge in [0.1, 0.15) is 11.3 Å². The summed E-state index contributed by atoms with van der Waals surface area (Å²) in [6.45, 7) is 6.26. The Labute approximate surface area is 183 Å². The highest BCUT2D eigenvalue weighted by Gasteiger charge is 2.21. The van der Waals surface area contributed by atoms with Gasteiger partial charge in [0.25, 0.3) is 0 Å². The Morgan fingerprint density at radius 2 is 1.90 bits per heavy atom. The molecule has 0 radical (unpaired) electrons. The van der Waals surface area contributed by atoms with Crippen LogP contribution in [0.3, 0.4) is 0 Å². The average molecular weight is 422 g/mol. The van der Waals surface area contributed by atoms with Gasteiger partial charge >= 0.3 is 0 Å². The van der Waals surface area contributed by atoms with Gasteiger partial charge in [-0.25, -0.2) is 19.9 Å². The van der Waals surface area contributed by atoms with Crippen LogP contribution in [0.1, 0.15) is 51.5 Å². The van der Waals surface area contributed by atoms with E-state index >= 15 is 0 Å². The van der Waals surface area contributed by atoms with E-state index in [0.29, 0.717) is 11.9 Å². The number of pyridine rings is 1. The van der Waals surface area contributed by atoms with Gasteiger partial charge in [0.2, 0.25) is 0 Å². The third-order valence-electron chi connectivity index (χ3n) is 6.27. The summed E-state index contributed by atoms with van der Waals surface area (Å²) in [5, 5.41) is 3.46. The number of hydrogen-bond acceptors (Lipinski definition) is 7. The lowest BCUT2D eigenvalue weighted by molar-refractivity contribution is 0.122. The number of morpholine rings is 1. The molecule has 0 amide bonds. The van der Waals surface area contributed by atoms with Crippen molar-refractivity contribution < 1.29 is 4.74 Å². The third kappa shape index (κ3) is 4.21. The Kier molecular flexibility index (Phi) is 5.97. The van der Waals surface area contributed by atoms with E-state index < -0.39 is 0 Å². The van der Waals surface area contributed by atoms with Gasteiger partial charge in [0, 0.05) is 37.4 Å². The number of rotatable bonds is 6. The van der Waals surface area contributed by atoms with E-state index in [9.17, 15) is 0 Å². The van der Waals surface area contributed by atoms with Crippen LogP contribution in [-0.2, 0) is 4.74 Å². The number of imidazole rings is 1. The number of hydrogen-bond donors (Lipinski definition) is 1. The highest BCUT2D eigenvalue weighted by Crippen LogP contribution is 2.32. The van der Waals surface area contributed by atoms with Crippen LogP contribution >= 0.6 is 0 Å². The molecule has 3 aromatic heterocycles. The molecule has 1 aliphatic heterocycles. The summed E-state index contributed by atoms with van der Waals surface area (Å²) in [5.74, 6) is 2.49. The van der Waals surface area contributed by atoms with Gasteiger partial charge in [0.15, 0.2) is 17.3 Å². The molecule has 1 saturated heterocycles. The molecule has 1 saturated carbocycles. The van der Waals surface area contributed by atoms with Crippen LogP contribution in [0.15, 0.2) is 24.7 Å². The van der Waals surface area contributed by atoms with Crippen molar-refractivity contribution in [2.24, 2.45) is 0 Å². The lowest BCUT2D eigenvalue weighted by atomic mass is 9.95. The third-order valence-corrected chi connectivity index (χ3v) is 6.27. The van der Waals surface area contributed by atoms with Crippen LogP contribution in [0.5, 0.6) is 0 Å². The molecular formula is C23H31N7O. The van der Waals surface area contributed by atoms with Gasteiger partial charge in [0.05, 0.1) is 19.5 Å². The van der Waals surface area contributed by atoms with Crippen LogP contribution in [0.2, 0.25) is 0 Å². The molecule has 1 N–H and O–H groups in total.